The number of nitrogens with one attached hydrogen (secondary N) is 1. The highest BCUT2D eigenvalue weighted by Gasteiger charge is 2.19. The fourth-order valence-electron chi connectivity index (χ4n) is 1.61. The van der Waals surface area contributed by atoms with E-state index in [9.17, 15) is 13.2 Å². The Morgan fingerprint density at radius 2 is 2.24 bits per heavy atom. The Bertz CT molecular complexity index is 763. The number of nitrogens with zero attached hydrogens (tertiary/aromatic N) is 3. The van der Waals surface area contributed by atoms with Crippen LogP contribution in [0, 0.1) is 6.92 Å². The minimum absolute atomic E-state index is 0.0693. The maximum Gasteiger partial charge on any atom is 0.347 e. The summed E-state index contributed by atoms with van der Waals surface area (Å²) in [6, 6.07) is 0. The molecule has 0 saturated carbocycles. The van der Waals surface area contributed by atoms with Crippen molar-refractivity contribution in [2.45, 2.75) is 32.0 Å². The number of hydrogen-bond donors (Lipinski definition) is 2. The van der Waals surface area contributed by atoms with Gasteiger partial charge in [0.15, 0.2) is 5.03 Å². The monoisotopic (exact) mass is 330 g/mol. The smallest absolute Gasteiger partial charge is 0.347 e. The van der Waals surface area contributed by atoms with E-state index in [1.165, 1.54) is 12.5 Å². The fourth-order valence-corrected chi connectivity index (χ4v) is 3.48. The number of rotatable bonds is 6. The third-order valence-corrected chi connectivity index (χ3v) is 5.13. The third kappa shape index (κ3) is 3.46. The Morgan fingerprint density at radius 3 is 2.76 bits per heavy atom. The standard InChI is InChI=1S/C11H14N4O4S2/c1-3-15-5-9(12-6-15)21(18,19)13-4-8-14-7(2)10(20-8)11(16)17/h5-6,13H,3-4H2,1-2H3,(H,16,17). The zero-order valence-electron chi connectivity index (χ0n) is 11.4. The first-order valence-corrected chi connectivity index (χ1v) is 8.34. The number of aromatic nitrogens is 3. The molecule has 2 rings (SSSR count). The lowest BCUT2D eigenvalue weighted by Gasteiger charge is -2.01. The first kappa shape index (κ1) is 15.6. The number of thiazole rings is 1. The predicted molar refractivity (Wildman–Crippen MR) is 75.7 cm³/mol. The van der Waals surface area contributed by atoms with E-state index in [4.69, 9.17) is 5.11 Å². The molecule has 10 heteroatoms. The van der Waals surface area contributed by atoms with E-state index in [1.54, 1.807) is 11.5 Å². The number of hydrogen-bond acceptors (Lipinski definition) is 6. The summed E-state index contributed by atoms with van der Waals surface area (Å²) in [7, 11) is -3.73. The van der Waals surface area contributed by atoms with Gasteiger partial charge in [-0.05, 0) is 13.8 Å². The molecule has 0 aliphatic rings. The molecule has 0 radical (unpaired) electrons. The molecule has 114 valence electrons. The van der Waals surface area contributed by atoms with E-state index in [-0.39, 0.29) is 16.4 Å². The summed E-state index contributed by atoms with van der Waals surface area (Å²) in [4.78, 5) is 18.9. The highest BCUT2D eigenvalue weighted by molar-refractivity contribution is 7.89. The number of aryl methyl sites for hydroxylation is 2. The first-order chi connectivity index (χ1) is 9.83. The Labute approximate surface area is 125 Å². The molecule has 0 aromatic carbocycles. The van der Waals surface area contributed by atoms with Crippen molar-refractivity contribution < 1.29 is 18.3 Å². The normalized spacial score (nSPS) is 11.7. The van der Waals surface area contributed by atoms with Gasteiger partial charge in [-0.1, -0.05) is 0 Å². The molecule has 0 spiro atoms. The molecule has 0 aliphatic heterocycles. The van der Waals surface area contributed by atoms with E-state index >= 15 is 0 Å². The lowest BCUT2D eigenvalue weighted by atomic mass is 10.4. The fraction of sp³-hybridized carbons (Fsp3) is 0.364. The third-order valence-electron chi connectivity index (χ3n) is 2.70. The van der Waals surface area contributed by atoms with Crippen LogP contribution in [0.25, 0.3) is 0 Å². The van der Waals surface area contributed by atoms with Gasteiger partial charge in [-0.3, -0.25) is 0 Å². The van der Waals surface area contributed by atoms with Crippen LogP contribution in [-0.2, 0) is 23.1 Å². The van der Waals surface area contributed by atoms with Gasteiger partial charge in [-0.25, -0.2) is 27.9 Å². The van der Waals surface area contributed by atoms with Crippen molar-refractivity contribution in [2.75, 3.05) is 0 Å². The minimum Gasteiger partial charge on any atom is -0.477 e. The Balaban J connectivity index is 2.11. The van der Waals surface area contributed by atoms with Gasteiger partial charge in [-0.2, -0.15) is 0 Å². The number of imidazole rings is 1. The number of carboxylic acid groups (broad SMARTS) is 1. The van der Waals surface area contributed by atoms with Crippen molar-refractivity contribution >= 4 is 27.3 Å². The molecular formula is C11H14N4O4S2. The molecule has 0 aliphatic carbocycles. The highest BCUT2D eigenvalue weighted by atomic mass is 32.2. The van der Waals surface area contributed by atoms with Crippen LogP contribution in [0.4, 0.5) is 0 Å². The molecule has 0 unspecified atom stereocenters. The zero-order chi connectivity index (χ0) is 15.6. The summed E-state index contributed by atoms with van der Waals surface area (Å²) in [5.41, 5.74) is 0.372. The number of carboxylic acids is 1. The topological polar surface area (TPSA) is 114 Å². The lowest BCUT2D eigenvalue weighted by molar-refractivity contribution is 0.0701. The summed E-state index contributed by atoms with van der Waals surface area (Å²) in [6.07, 6.45) is 2.86. The summed E-state index contributed by atoms with van der Waals surface area (Å²) in [5.74, 6) is -1.07. The Hall–Kier alpha value is -1.78. The van der Waals surface area contributed by atoms with Crippen molar-refractivity contribution in [3.63, 3.8) is 0 Å². The van der Waals surface area contributed by atoms with Gasteiger partial charge < -0.3 is 9.67 Å². The van der Waals surface area contributed by atoms with Crippen LogP contribution in [-0.4, -0.2) is 34.0 Å². The first-order valence-electron chi connectivity index (χ1n) is 6.04. The largest absolute Gasteiger partial charge is 0.477 e. The highest BCUT2D eigenvalue weighted by Crippen LogP contribution is 2.18. The molecule has 0 saturated heterocycles. The summed E-state index contributed by atoms with van der Waals surface area (Å²) < 4.78 is 28.1. The van der Waals surface area contributed by atoms with Crippen molar-refractivity contribution in [1.82, 2.24) is 19.3 Å². The molecule has 0 amide bonds. The summed E-state index contributed by atoms with van der Waals surface area (Å²) in [6.45, 7) is 3.99. The Kier molecular flexibility index (Phi) is 4.40. The zero-order valence-corrected chi connectivity index (χ0v) is 13.0. The van der Waals surface area contributed by atoms with Crippen molar-refractivity contribution in [2.24, 2.45) is 0 Å². The Morgan fingerprint density at radius 1 is 1.52 bits per heavy atom. The van der Waals surface area contributed by atoms with Crippen molar-refractivity contribution in [3.8, 4) is 0 Å². The van der Waals surface area contributed by atoms with Gasteiger partial charge in [0.1, 0.15) is 9.88 Å². The van der Waals surface area contributed by atoms with Gasteiger partial charge in [-0.15, -0.1) is 11.3 Å². The lowest BCUT2D eigenvalue weighted by Crippen LogP contribution is -2.23. The van der Waals surface area contributed by atoms with Crippen LogP contribution in [0.15, 0.2) is 17.6 Å². The molecule has 0 fully saturated rings. The number of carbonyl (C=O) groups is 1. The van der Waals surface area contributed by atoms with E-state index in [1.807, 2.05) is 6.92 Å². The van der Waals surface area contributed by atoms with Crippen LogP contribution in [0.3, 0.4) is 0 Å². The van der Waals surface area contributed by atoms with E-state index in [0.717, 1.165) is 11.3 Å². The molecule has 2 aromatic heterocycles. The summed E-state index contributed by atoms with van der Waals surface area (Å²) in [5, 5.41) is 9.25. The van der Waals surface area contributed by atoms with Gasteiger partial charge in [0, 0.05) is 12.7 Å². The SMILES string of the molecule is CCn1cnc(S(=O)(=O)NCc2nc(C)c(C(=O)O)s2)c1. The van der Waals surface area contributed by atoms with Gasteiger partial charge >= 0.3 is 5.97 Å². The number of aromatic carboxylic acids is 1. The molecule has 21 heavy (non-hydrogen) atoms. The minimum atomic E-state index is -3.73. The van der Waals surface area contributed by atoms with Crippen molar-refractivity contribution in [3.05, 3.63) is 28.1 Å². The number of sulfonamides is 1. The van der Waals surface area contributed by atoms with E-state index < -0.39 is 16.0 Å². The van der Waals surface area contributed by atoms with Crippen LogP contribution in [0.5, 0.6) is 0 Å². The average molecular weight is 330 g/mol. The summed E-state index contributed by atoms with van der Waals surface area (Å²) >= 11 is 0.950. The van der Waals surface area contributed by atoms with Crippen LogP contribution < -0.4 is 4.72 Å². The average Bonchev–Trinajstić information content (AvgIpc) is 3.03. The molecule has 0 atom stereocenters. The second kappa shape index (κ2) is 5.92. The second-order valence-electron chi connectivity index (χ2n) is 4.19. The predicted octanol–water partition coefficient (Wildman–Crippen LogP) is 0.845. The van der Waals surface area contributed by atoms with E-state index in [2.05, 4.69) is 14.7 Å². The van der Waals surface area contributed by atoms with Crippen LogP contribution >= 0.6 is 11.3 Å². The molecule has 2 N–H and O–H groups in total. The van der Waals surface area contributed by atoms with Crippen LogP contribution in [0.1, 0.15) is 27.3 Å². The second-order valence-corrected chi connectivity index (χ2v) is 6.99. The maximum absolute atomic E-state index is 12.0. The van der Waals surface area contributed by atoms with Gasteiger partial charge in [0.2, 0.25) is 0 Å². The van der Waals surface area contributed by atoms with Crippen molar-refractivity contribution in [1.29, 1.82) is 0 Å². The van der Waals surface area contributed by atoms with Crippen LogP contribution in [0.2, 0.25) is 0 Å². The van der Waals surface area contributed by atoms with E-state index in [0.29, 0.717) is 17.2 Å². The molecule has 2 aromatic rings. The maximum atomic E-state index is 12.0. The molecule has 8 nitrogen and oxygen atoms in total. The quantitative estimate of drug-likeness (QED) is 0.811. The molecule has 0 bridgehead atoms. The van der Waals surface area contributed by atoms with Gasteiger partial charge in [0.25, 0.3) is 10.0 Å². The van der Waals surface area contributed by atoms with Gasteiger partial charge in [0.05, 0.1) is 18.6 Å². The molecule has 2 heterocycles. The molecular weight excluding hydrogens is 316 g/mol.